The van der Waals surface area contributed by atoms with Crippen molar-refractivity contribution in [3.05, 3.63) is 35.0 Å². The van der Waals surface area contributed by atoms with Crippen LogP contribution in [0.1, 0.15) is 35.6 Å². The van der Waals surface area contributed by atoms with Gasteiger partial charge in [0.05, 0.1) is 5.69 Å². The van der Waals surface area contributed by atoms with Crippen LogP contribution in [0.15, 0.2) is 18.2 Å². The first-order chi connectivity index (χ1) is 8.58. The quantitative estimate of drug-likeness (QED) is 0.877. The Hall–Kier alpha value is -1.77. The average molecular weight is 241 g/mol. The van der Waals surface area contributed by atoms with Crippen LogP contribution in [0.5, 0.6) is 0 Å². The first-order valence-corrected chi connectivity index (χ1v) is 6.48. The molecule has 0 bridgehead atoms. The van der Waals surface area contributed by atoms with E-state index in [1.807, 2.05) is 11.7 Å². The van der Waals surface area contributed by atoms with Crippen LogP contribution in [0.2, 0.25) is 0 Å². The van der Waals surface area contributed by atoms with Crippen molar-refractivity contribution < 1.29 is 0 Å². The topological polar surface area (TPSA) is 43.8 Å². The lowest BCUT2D eigenvalue weighted by molar-refractivity contribution is 0.753. The number of rotatable bonds is 2. The molecule has 94 valence electrons. The molecule has 2 N–H and O–H groups in total. The van der Waals surface area contributed by atoms with Crippen molar-refractivity contribution in [3.63, 3.8) is 0 Å². The van der Waals surface area contributed by atoms with Gasteiger partial charge in [0, 0.05) is 18.5 Å². The molecule has 18 heavy (non-hydrogen) atoms. The second-order valence-electron chi connectivity index (χ2n) is 5.36. The second-order valence-corrected chi connectivity index (χ2v) is 5.36. The molecule has 1 aromatic heterocycles. The van der Waals surface area contributed by atoms with Gasteiger partial charge in [0.25, 0.3) is 0 Å². The summed E-state index contributed by atoms with van der Waals surface area (Å²) in [5.74, 6) is 1.40. The van der Waals surface area contributed by atoms with Gasteiger partial charge in [-0.3, -0.25) is 4.68 Å². The molecule has 3 rings (SSSR count). The lowest BCUT2D eigenvalue weighted by atomic mass is 9.97. The van der Waals surface area contributed by atoms with Gasteiger partial charge in [-0.25, -0.2) is 0 Å². The number of nitrogen functional groups attached to an aromatic ring is 1. The van der Waals surface area contributed by atoms with Crippen LogP contribution in [0.4, 0.5) is 5.82 Å². The molecule has 3 nitrogen and oxygen atoms in total. The molecule has 1 aliphatic rings. The fraction of sp³-hybridized carbons (Fsp3) is 0.400. The second kappa shape index (κ2) is 3.87. The van der Waals surface area contributed by atoms with Crippen molar-refractivity contribution in [2.75, 3.05) is 5.73 Å². The fourth-order valence-corrected chi connectivity index (χ4v) is 2.57. The van der Waals surface area contributed by atoms with Crippen molar-refractivity contribution in [1.82, 2.24) is 9.78 Å². The molecule has 1 heterocycles. The van der Waals surface area contributed by atoms with Crippen molar-refractivity contribution in [3.8, 4) is 11.1 Å². The van der Waals surface area contributed by atoms with Crippen LogP contribution in [-0.2, 0) is 7.05 Å². The average Bonchev–Trinajstić information content (AvgIpc) is 3.10. The maximum Gasteiger partial charge on any atom is 0.129 e. The number of hydrogen-bond acceptors (Lipinski definition) is 2. The lowest BCUT2D eigenvalue weighted by Crippen LogP contribution is -1.98. The molecule has 0 atom stereocenters. The number of nitrogens with two attached hydrogens (primary N) is 1. The normalized spacial score (nSPS) is 15.1. The van der Waals surface area contributed by atoms with E-state index in [0.717, 1.165) is 11.4 Å². The van der Waals surface area contributed by atoms with Gasteiger partial charge in [-0.1, -0.05) is 23.8 Å². The molecular weight excluding hydrogens is 222 g/mol. The highest BCUT2D eigenvalue weighted by Crippen LogP contribution is 2.46. The third-order valence-electron chi connectivity index (χ3n) is 3.73. The van der Waals surface area contributed by atoms with Gasteiger partial charge in [-0.05, 0) is 37.8 Å². The van der Waals surface area contributed by atoms with E-state index in [2.05, 4.69) is 37.1 Å². The van der Waals surface area contributed by atoms with Gasteiger partial charge in [-0.15, -0.1) is 0 Å². The summed E-state index contributed by atoms with van der Waals surface area (Å²) in [7, 11) is 1.92. The number of anilines is 1. The standard InChI is InChI=1S/C15H19N3/c1-9-4-7-12(10(2)8-9)13-14(11-5-6-11)17-18(3)15(13)16/h4,7-8,11H,5-6,16H2,1-3H3. The largest absolute Gasteiger partial charge is 0.383 e. The number of aromatic nitrogens is 2. The lowest BCUT2D eigenvalue weighted by Gasteiger charge is -2.08. The van der Waals surface area contributed by atoms with Gasteiger partial charge < -0.3 is 5.73 Å². The predicted molar refractivity (Wildman–Crippen MR) is 74.5 cm³/mol. The zero-order valence-electron chi connectivity index (χ0n) is 11.2. The highest BCUT2D eigenvalue weighted by Gasteiger charge is 2.31. The van der Waals surface area contributed by atoms with Gasteiger partial charge in [0.15, 0.2) is 0 Å². The Morgan fingerprint density at radius 2 is 2.00 bits per heavy atom. The summed E-state index contributed by atoms with van der Waals surface area (Å²) < 4.78 is 1.81. The molecule has 1 fully saturated rings. The van der Waals surface area contributed by atoms with Crippen LogP contribution in [0.3, 0.4) is 0 Å². The van der Waals surface area contributed by atoms with Crippen LogP contribution in [0.25, 0.3) is 11.1 Å². The number of hydrogen-bond donors (Lipinski definition) is 1. The van der Waals surface area contributed by atoms with E-state index in [1.165, 1.54) is 35.2 Å². The maximum absolute atomic E-state index is 6.21. The maximum atomic E-state index is 6.21. The first kappa shape index (κ1) is 11.3. The Morgan fingerprint density at radius 3 is 2.61 bits per heavy atom. The Morgan fingerprint density at radius 1 is 1.28 bits per heavy atom. The summed E-state index contributed by atoms with van der Waals surface area (Å²) >= 11 is 0. The molecule has 3 heteroatoms. The molecule has 0 saturated heterocycles. The van der Waals surface area contributed by atoms with E-state index in [0.29, 0.717) is 5.92 Å². The first-order valence-electron chi connectivity index (χ1n) is 6.48. The molecule has 1 aromatic carbocycles. The van der Waals surface area contributed by atoms with Crippen LogP contribution < -0.4 is 5.73 Å². The Kier molecular flexibility index (Phi) is 2.44. The monoisotopic (exact) mass is 241 g/mol. The third-order valence-corrected chi connectivity index (χ3v) is 3.73. The number of nitrogens with zero attached hydrogens (tertiary/aromatic N) is 2. The Bertz CT molecular complexity index is 606. The molecule has 2 aromatic rings. The summed E-state index contributed by atoms with van der Waals surface area (Å²) in [6.45, 7) is 4.26. The van der Waals surface area contributed by atoms with Gasteiger partial charge in [-0.2, -0.15) is 5.10 Å². The Balaban J connectivity index is 2.21. The van der Waals surface area contributed by atoms with Crippen LogP contribution >= 0.6 is 0 Å². The number of aryl methyl sites for hydroxylation is 3. The van der Waals surface area contributed by atoms with E-state index >= 15 is 0 Å². The van der Waals surface area contributed by atoms with E-state index in [-0.39, 0.29) is 0 Å². The van der Waals surface area contributed by atoms with Crippen LogP contribution in [0, 0.1) is 13.8 Å². The van der Waals surface area contributed by atoms with Crippen LogP contribution in [-0.4, -0.2) is 9.78 Å². The molecule has 1 aliphatic carbocycles. The molecule has 1 saturated carbocycles. The molecule has 0 unspecified atom stereocenters. The fourth-order valence-electron chi connectivity index (χ4n) is 2.57. The zero-order chi connectivity index (χ0) is 12.9. The smallest absolute Gasteiger partial charge is 0.129 e. The molecule has 0 spiro atoms. The summed E-state index contributed by atoms with van der Waals surface area (Å²) in [5, 5.41) is 4.60. The molecule has 0 amide bonds. The number of benzene rings is 1. The van der Waals surface area contributed by atoms with Gasteiger partial charge >= 0.3 is 0 Å². The predicted octanol–water partition coefficient (Wildman–Crippen LogP) is 3.16. The van der Waals surface area contributed by atoms with E-state index in [9.17, 15) is 0 Å². The minimum Gasteiger partial charge on any atom is -0.383 e. The summed E-state index contributed by atoms with van der Waals surface area (Å²) in [6.07, 6.45) is 2.49. The Labute approximate surface area is 108 Å². The van der Waals surface area contributed by atoms with E-state index < -0.39 is 0 Å². The van der Waals surface area contributed by atoms with Crippen molar-refractivity contribution in [2.45, 2.75) is 32.6 Å². The summed E-state index contributed by atoms with van der Waals surface area (Å²) in [4.78, 5) is 0. The highest BCUT2D eigenvalue weighted by molar-refractivity contribution is 5.79. The van der Waals surface area contributed by atoms with Gasteiger partial charge in [0.1, 0.15) is 5.82 Å². The summed E-state index contributed by atoms with van der Waals surface area (Å²) in [6, 6.07) is 6.52. The highest BCUT2D eigenvalue weighted by atomic mass is 15.3. The third kappa shape index (κ3) is 1.70. The van der Waals surface area contributed by atoms with Crippen molar-refractivity contribution in [2.24, 2.45) is 7.05 Å². The van der Waals surface area contributed by atoms with Crippen molar-refractivity contribution >= 4 is 5.82 Å². The van der Waals surface area contributed by atoms with E-state index in [4.69, 9.17) is 5.73 Å². The minimum absolute atomic E-state index is 0.615. The molecular formula is C15H19N3. The molecule has 0 aliphatic heterocycles. The zero-order valence-corrected chi connectivity index (χ0v) is 11.2. The molecule has 0 radical (unpaired) electrons. The van der Waals surface area contributed by atoms with E-state index in [1.54, 1.807) is 0 Å². The van der Waals surface area contributed by atoms with Crippen molar-refractivity contribution in [1.29, 1.82) is 0 Å². The SMILES string of the molecule is Cc1ccc(-c2c(C3CC3)nn(C)c2N)c(C)c1. The minimum atomic E-state index is 0.615. The van der Waals surface area contributed by atoms with Gasteiger partial charge in [0.2, 0.25) is 0 Å². The summed E-state index contributed by atoms with van der Waals surface area (Å²) in [5.41, 5.74) is 12.3.